The van der Waals surface area contributed by atoms with E-state index in [1.54, 1.807) is 17.7 Å². The lowest BCUT2D eigenvalue weighted by Crippen LogP contribution is -2.06. The molecule has 0 radical (unpaired) electrons. The van der Waals surface area contributed by atoms with Gasteiger partial charge in [0.05, 0.1) is 20.3 Å². The van der Waals surface area contributed by atoms with Crippen molar-refractivity contribution in [3.63, 3.8) is 0 Å². The van der Waals surface area contributed by atoms with E-state index in [2.05, 4.69) is 15.3 Å². The van der Waals surface area contributed by atoms with E-state index in [9.17, 15) is 0 Å². The van der Waals surface area contributed by atoms with Crippen LogP contribution in [0.15, 0.2) is 36.0 Å². The number of nitrogens with zero attached hydrogens (tertiary/aromatic N) is 2. The number of hydrogen-bond donors (Lipinski definition) is 1. The summed E-state index contributed by atoms with van der Waals surface area (Å²) in [5.74, 6) is 0.880. The lowest BCUT2D eigenvalue weighted by molar-refractivity contribution is 1.01. The van der Waals surface area contributed by atoms with Crippen LogP contribution in [-0.2, 0) is 6.42 Å². The van der Waals surface area contributed by atoms with Gasteiger partial charge >= 0.3 is 0 Å². The molecule has 0 spiro atoms. The van der Waals surface area contributed by atoms with Crippen molar-refractivity contribution in [3.8, 4) is 0 Å². The second kappa shape index (κ2) is 5.95. The van der Waals surface area contributed by atoms with Crippen LogP contribution in [0.3, 0.4) is 0 Å². The summed E-state index contributed by atoms with van der Waals surface area (Å²) in [5, 5.41) is 6.53. The molecule has 3 rings (SSSR count). The summed E-state index contributed by atoms with van der Waals surface area (Å²) in [6.45, 7) is 0.780. The van der Waals surface area contributed by atoms with E-state index in [1.807, 2.05) is 29.6 Å². The molecule has 0 atom stereocenters. The summed E-state index contributed by atoms with van der Waals surface area (Å²) < 4.78 is 1.08. The van der Waals surface area contributed by atoms with E-state index >= 15 is 0 Å². The van der Waals surface area contributed by atoms with Crippen molar-refractivity contribution in [2.45, 2.75) is 6.42 Å². The van der Waals surface area contributed by atoms with Crippen molar-refractivity contribution in [3.05, 3.63) is 51.6 Å². The van der Waals surface area contributed by atoms with Gasteiger partial charge in [0.15, 0.2) is 0 Å². The topological polar surface area (TPSA) is 37.8 Å². The Hall–Kier alpha value is -1.36. The van der Waals surface area contributed by atoms with Crippen molar-refractivity contribution in [1.82, 2.24) is 9.97 Å². The molecule has 1 aromatic carbocycles. The Balaban J connectivity index is 1.68. The molecular formula is C14H11Cl2N3S. The van der Waals surface area contributed by atoms with E-state index in [4.69, 9.17) is 23.2 Å². The fourth-order valence-corrected chi connectivity index (χ4v) is 3.07. The first-order valence-electron chi connectivity index (χ1n) is 6.10. The maximum atomic E-state index is 6.00. The zero-order valence-electron chi connectivity index (χ0n) is 10.4. The number of thiophene rings is 1. The lowest BCUT2D eigenvalue weighted by Gasteiger charge is -2.07. The van der Waals surface area contributed by atoms with Gasteiger partial charge in [-0.25, -0.2) is 9.97 Å². The number of nitrogens with one attached hydrogen (secondary N) is 1. The molecule has 0 saturated carbocycles. The molecule has 0 unspecified atom stereocenters. The Morgan fingerprint density at radius 1 is 1.10 bits per heavy atom. The van der Waals surface area contributed by atoms with E-state index < -0.39 is 0 Å². The van der Waals surface area contributed by atoms with Gasteiger partial charge in [-0.2, -0.15) is 0 Å². The molecule has 0 amide bonds. The van der Waals surface area contributed by atoms with Gasteiger partial charge in [-0.1, -0.05) is 29.3 Å². The maximum Gasteiger partial charge on any atom is 0.147 e. The number of hydrogen-bond acceptors (Lipinski definition) is 4. The number of rotatable bonds is 4. The Labute approximate surface area is 130 Å². The molecule has 0 fully saturated rings. The van der Waals surface area contributed by atoms with Crippen molar-refractivity contribution in [1.29, 1.82) is 0 Å². The molecule has 0 bridgehead atoms. The average Bonchev–Trinajstić information content (AvgIpc) is 2.92. The zero-order valence-corrected chi connectivity index (χ0v) is 12.8. The third-order valence-electron chi connectivity index (χ3n) is 2.93. The zero-order chi connectivity index (χ0) is 13.9. The van der Waals surface area contributed by atoms with Gasteiger partial charge in [0.25, 0.3) is 0 Å². The number of halogens is 2. The average molecular weight is 324 g/mol. The number of benzene rings is 1. The smallest absolute Gasteiger partial charge is 0.147 e. The largest absolute Gasteiger partial charge is 0.368 e. The van der Waals surface area contributed by atoms with Gasteiger partial charge < -0.3 is 5.32 Å². The molecule has 0 aliphatic heterocycles. The number of aromatic nitrogens is 2. The predicted molar refractivity (Wildman–Crippen MR) is 86.1 cm³/mol. The van der Waals surface area contributed by atoms with Crippen molar-refractivity contribution in [2.24, 2.45) is 0 Å². The molecule has 0 aliphatic rings. The highest BCUT2D eigenvalue weighted by Crippen LogP contribution is 2.25. The van der Waals surface area contributed by atoms with Crippen LogP contribution in [0, 0.1) is 0 Å². The van der Waals surface area contributed by atoms with Gasteiger partial charge in [-0.05, 0) is 35.6 Å². The Morgan fingerprint density at radius 3 is 2.85 bits per heavy atom. The van der Waals surface area contributed by atoms with Crippen LogP contribution in [0.25, 0.3) is 10.2 Å². The summed E-state index contributed by atoms with van der Waals surface area (Å²) in [6.07, 6.45) is 2.43. The first kappa shape index (κ1) is 13.6. The number of fused-ring (bicyclic) bond motifs is 1. The minimum absolute atomic E-state index is 0.583. The molecule has 2 aromatic heterocycles. The first-order chi connectivity index (χ1) is 9.74. The molecule has 2 heterocycles. The van der Waals surface area contributed by atoms with Crippen LogP contribution in [0.1, 0.15) is 5.56 Å². The van der Waals surface area contributed by atoms with Gasteiger partial charge in [0.1, 0.15) is 12.1 Å². The van der Waals surface area contributed by atoms with Crippen molar-refractivity contribution < 1.29 is 0 Å². The van der Waals surface area contributed by atoms with E-state index in [-0.39, 0.29) is 0 Å². The normalized spacial score (nSPS) is 10.9. The second-order valence-corrected chi connectivity index (χ2v) is 6.01. The third-order valence-corrected chi connectivity index (χ3v) is 4.58. The Morgan fingerprint density at radius 2 is 2.00 bits per heavy atom. The Kier molecular flexibility index (Phi) is 4.05. The van der Waals surface area contributed by atoms with Gasteiger partial charge in [-0.3, -0.25) is 0 Å². The lowest BCUT2D eigenvalue weighted by atomic mass is 10.1. The summed E-state index contributed by atoms with van der Waals surface area (Å²) in [5.41, 5.74) is 2.12. The second-order valence-electron chi connectivity index (χ2n) is 4.28. The standard InChI is InChI=1S/C14H11Cl2N3S/c15-10-2-1-9(7-11(10)16)3-5-17-14-13-12(4-6-20-13)18-8-19-14/h1-2,4,6-8H,3,5H2,(H,17,18,19). The van der Waals surface area contributed by atoms with Crippen LogP contribution < -0.4 is 5.32 Å². The molecule has 0 saturated heterocycles. The fourth-order valence-electron chi connectivity index (χ4n) is 1.94. The molecule has 1 N–H and O–H groups in total. The van der Waals surface area contributed by atoms with Gasteiger partial charge in [0.2, 0.25) is 0 Å². The molecule has 20 heavy (non-hydrogen) atoms. The molecule has 3 aromatic rings. The van der Waals surface area contributed by atoms with Crippen LogP contribution in [0.4, 0.5) is 5.82 Å². The third kappa shape index (κ3) is 2.87. The molecular weight excluding hydrogens is 313 g/mol. The Bertz CT molecular complexity index is 742. The summed E-state index contributed by atoms with van der Waals surface area (Å²) in [6, 6.07) is 7.69. The monoisotopic (exact) mass is 323 g/mol. The van der Waals surface area contributed by atoms with Gasteiger partial charge in [-0.15, -0.1) is 11.3 Å². The first-order valence-corrected chi connectivity index (χ1v) is 7.73. The van der Waals surface area contributed by atoms with E-state index in [1.165, 1.54) is 0 Å². The molecule has 6 heteroatoms. The molecule has 102 valence electrons. The van der Waals surface area contributed by atoms with Crippen LogP contribution >= 0.6 is 34.5 Å². The summed E-state index contributed by atoms with van der Waals surface area (Å²) >= 11 is 13.5. The fraction of sp³-hybridized carbons (Fsp3) is 0.143. The van der Waals surface area contributed by atoms with Crippen LogP contribution in [0.2, 0.25) is 10.0 Å². The minimum Gasteiger partial charge on any atom is -0.368 e. The highest BCUT2D eigenvalue weighted by molar-refractivity contribution is 7.17. The quantitative estimate of drug-likeness (QED) is 0.759. The molecule has 3 nitrogen and oxygen atoms in total. The predicted octanol–water partition coefficient (Wildman–Crippen LogP) is 4.65. The van der Waals surface area contributed by atoms with Crippen LogP contribution in [0.5, 0.6) is 0 Å². The van der Waals surface area contributed by atoms with Crippen molar-refractivity contribution >= 4 is 50.6 Å². The van der Waals surface area contributed by atoms with Crippen molar-refractivity contribution in [2.75, 3.05) is 11.9 Å². The highest BCUT2D eigenvalue weighted by Gasteiger charge is 2.04. The van der Waals surface area contributed by atoms with Gasteiger partial charge in [0, 0.05) is 6.54 Å². The highest BCUT2D eigenvalue weighted by atomic mass is 35.5. The SMILES string of the molecule is Clc1ccc(CCNc2ncnc3ccsc23)cc1Cl. The van der Waals surface area contributed by atoms with Crippen LogP contribution in [-0.4, -0.2) is 16.5 Å². The molecule has 0 aliphatic carbocycles. The summed E-state index contributed by atoms with van der Waals surface area (Å²) in [4.78, 5) is 8.50. The van der Waals surface area contributed by atoms with E-state index in [0.717, 1.165) is 34.6 Å². The van der Waals surface area contributed by atoms with E-state index in [0.29, 0.717) is 10.0 Å². The maximum absolute atomic E-state index is 6.00. The summed E-state index contributed by atoms with van der Waals surface area (Å²) in [7, 11) is 0. The number of anilines is 1. The minimum atomic E-state index is 0.583.